The van der Waals surface area contributed by atoms with Gasteiger partial charge < -0.3 is 4.74 Å². The van der Waals surface area contributed by atoms with Crippen LogP contribution < -0.4 is 0 Å². The first-order chi connectivity index (χ1) is 10.7. The van der Waals surface area contributed by atoms with Crippen molar-refractivity contribution in [2.45, 2.75) is 47.0 Å². The summed E-state index contributed by atoms with van der Waals surface area (Å²) in [7, 11) is 0. The molecule has 3 nitrogen and oxygen atoms in total. The second kappa shape index (κ2) is 6.69. The summed E-state index contributed by atoms with van der Waals surface area (Å²) in [6.45, 7) is 7.95. The van der Waals surface area contributed by atoms with Crippen molar-refractivity contribution in [2.24, 2.45) is 10.8 Å². The van der Waals surface area contributed by atoms with Crippen LogP contribution >= 0.6 is 0 Å². The van der Waals surface area contributed by atoms with Gasteiger partial charge in [-0.05, 0) is 30.7 Å². The Morgan fingerprint density at radius 3 is 2.35 bits per heavy atom. The largest absolute Gasteiger partial charge is 0.458 e. The summed E-state index contributed by atoms with van der Waals surface area (Å²) in [5.41, 5.74) is 1.62. The van der Waals surface area contributed by atoms with Crippen molar-refractivity contribution in [3.63, 3.8) is 0 Å². The molecular weight excluding hydrogens is 288 g/mol. The van der Waals surface area contributed by atoms with E-state index in [0.29, 0.717) is 19.3 Å². The van der Waals surface area contributed by atoms with E-state index in [2.05, 4.69) is 6.08 Å². The van der Waals surface area contributed by atoms with Crippen LogP contribution in [0.2, 0.25) is 0 Å². The Bertz CT molecular complexity index is 610. The third-order valence-corrected chi connectivity index (χ3v) is 5.20. The van der Waals surface area contributed by atoms with E-state index in [1.54, 1.807) is 0 Å². The normalized spacial score (nSPS) is 22.1. The number of aryl methyl sites for hydroxylation is 2. The van der Waals surface area contributed by atoms with Gasteiger partial charge in [-0.3, -0.25) is 9.59 Å². The predicted molar refractivity (Wildman–Crippen MR) is 91.1 cm³/mol. The lowest BCUT2D eigenvalue weighted by Gasteiger charge is -2.36. The standard InChI is InChI=1S/C20H26O3/c1-15-6-8-16(9-7-15)10-11-18(22)23-14-17(21)20(4)13-5-12-19(20,2)3/h5-9,12H,10-11,13-14H2,1-4H3/t20-/m1/s1. The van der Waals surface area contributed by atoms with E-state index >= 15 is 0 Å². The highest BCUT2D eigenvalue weighted by atomic mass is 16.5. The molecule has 3 heteroatoms. The predicted octanol–water partition coefficient (Wildman–Crippen LogP) is 4.03. The molecule has 23 heavy (non-hydrogen) atoms. The van der Waals surface area contributed by atoms with E-state index < -0.39 is 5.41 Å². The number of hydrogen-bond acceptors (Lipinski definition) is 3. The molecule has 0 N–H and O–H groups in total. The lowest BCUT2D eigenvalue weighted by Crippen LogP contribution is -2.40. The van der Waals surface area contributed by atoms with Crippen molar-refractivity contribution in [1.82, 2.24) is 0 Å². The van der Waals surface area contributed by atoms with Gasteiger partial charge in [0.2, 0.25) is 0 Å². The minimum atomic E-state index is -0.482. The average Bonchev–Trinajstić information content (AvgIpc) is 2.78. The minimum absolute atomic E-state index is 0.00353. The van der Waals surface area contributed by atoms with Gasteiger partial charge in [0, 0.05) is 11.8 Å². The van der Waals surface area contributed by atoms with Gasteiger partial charge in [0.25, 0.3) is 0 Å². The Labute approximate surface area is 138 Å². The minimum Gasteiger partial charge on any atom is -0.458 e. The zero-order chi connectivity index (χ0) is 17.1. The first kappa shape index (κ1) is 17.5. The second-order valence-corrected chi connectivity index (χ2v) is 7.23. The van der Waals surface area contributed by atoms with Gasteiger partial charge in [-0.15, -0.1) is 0 Å². The zero-order valence-corrected chi connectivity index (χ0v) is 14.5. The molecule has 0 fully saturated rings. The van der Waals surface area contributed by atoms with Crippen LogP contribution in [-0.2, 0) is 20.7 Å². The van der Waals surface area contributed by atoms with Gasteiger partial charge in [-0.1, -0.05) is 62.8 Å². The van der Waals surface area contributed by atoms with Crippen molar-refractivity contribution in [3.8, 4) is 0 Å². The van der Waals surface area contributed by atoms with Crippen LogP contribution in [0.1, 0.15) is 44.7 Å². The molecule has 0 radical (unpaired) electrons. The Morgan fingerprint density at radius 2 is 1.78 bits per heavy atom. The fourth-order valence-electron chi connectivity index (χ4n) is 2.89. The van der Waals surface area contributed by atoms with Crippen LogP contribution in [0.3, 0.4) is 0 Å². The lowest BCUT2D eigenvalue weighted by atomic mass is 9.66. The van der Waals surface area contributed by atoms with Crippen molar-refractivity contribution in [3.05, 3.63) is 47.5 Å². The molecular formula is C20H26O3. The number of hydrogen-bond donors (Lipinski definition) is 0. The first-order valence-corrected chi connectivity index (χ1v) is 8.17. The SMILES string of the molecule is Cc1ccc(CCC(=O)OCC(=O)[C@@]2(C)CC=CC2(C)C)cc1. The molecule has 0 amide bonds. The Balaban J connectivity index is 1.80. The quantitative estimate of drug-likeness (QED) is 0.588. The van der Waals surface area contributed by atoms with Gasteiger partial charge in [0.15, 0.2) is 12.4 Å². The van der Waals surface area contributed by atoms with E-state index in [1.807, 2.05) is 58.0 Å². The fourth-order valence-corrected chi connectivity index (χ4v) is 2.89. The summed E-state index contributed by atoms with van der Waals surface area (Å²) in [6.07, 6.45) is 5.76. The molecule has 0 aliphatic heterocycles. The summed E-state index contributed by atoms with van der Waals surface area (Å²) in [5.74, 6) is -0.317. The molecule has 1 aromatic rings. The van der Waals surface area contributed by atoms with E-state index in [9.17, 15) is 9.59 Å². The molecule has 0 heterocycles. The number of carbonyl (C=O) groups is 2. The van der Waals surface area contributed by atoms with Crippen molar-refractivity contribution < 1.29 is 14.3 Å². The Kier molecular flexibility index (Phi) is 5.08. The van der Waals surface area contributed by atoms with Gasteiger partial charge in [0.05, 0.1) is 0 Å². The number of rotatable bonds is 6. The molecule has 124 valence electrons. The van der Waals surface area contributed by atoms with E-state index in [4.69, 9.17) is 4.74 Å². The maximum Gasteiger partial charge on any atom is 0.306 e. The van der Waals surface area contributed by atoms with Gasteiger partial charge in [-0.25, -0.2) is 0 Å². The highest BCUT2D eigenvalue weighted by Crippen LogP contribution is 2.48. The van der Waals surface area contributed by atoms with E-state index in [-0.39, 0.29) is 23.8 Å². The van der Waals surface area contributed by atoms with Gasteiger partial charge in [-0.2, -0.15) is 0 Å². The van der Waals surface area contributed by atoms with Crippen molar-refractivity contribution >= 4 is 11.8 Å². The number of allylic oxidation sites excluding steroid dienone is 2. The van der Waals surface area contributed by atoms with Crippen LogP contribution in [0.15, 0.2) is 36.4 Å². The molecule has 0 unspecified atom stereocenters. The Morgan fingerprint density at radius 1 is 1.13 bits per heavy atom. The number of ether oxygens (including phenoxy) is 1. The Hall–Kier alpha value is -1.90. The third kappa shape index (κ3) is 3.90. The summed E-state index contributed by atoms with van der Waals surface area (Å²) >= 11 is 0. The van der Waals surface area contributed by atoms with Crippen LogP contribution in [0.4, 0.5) is 0 Å². The zero-order valence-electron chi connectivity index (χ0n) is 14.5. The maximum absolute atomic E-state index is 12.5. The van der Waals surface area contributed by atoms with Crippen LogP contribution in [0.5, 0.6) is 0 Å². The molecule has 2 rings (SSSR count). The van der Waals surface area contributed by atoms with E-state index in [0.717, 1.165) is 5.56 Å². The molecule has 1 aromatic carbocycles. The number of esters is 1. The first-order valence-electron chi connectivity index (χ1n) is 8.17. The number of carbonyl (C=O) groups excluding carboxylic acids is 2. The topological polar surface area (TPSA) is 43.4 Å². The fraction of sp³-hybridized carbons (Fsp3) is 0.500. The number of Topliss-reactive ketones (excluding diaryl/α,β-unsaturated/α-hetero) is 1. The molecule has 0 bridgehead atoms. The average molecular weight is 314 g/mol. The molecule has 0 aromatic heterocycles. The monoisotopic (exact) mass is 314 g/mol. The molecule has 1 atom stereocenters. The summed E-state index contributed by atoms with van der Waals surface area (Å²) < 4.78 is 5.20. The van der Waals surface area contributed by atoms with Crippen molar-refractivity contribution in [1.29, 1.82) is 0 Å². The number of ketones is 1. The maximum atomic E-state index is 12.5. The summed E-state index contributed by atoms with van der Waals surface area (Å²) in [5, 5.41) is 0. The molecule has 0 saturated heterocycles. The lowest BCUT2D eigenvalue weighted by molar-refractivity contribution is -0.152. The third-order valence-electron chi connectivity index (χ3n) is 5.20. The van der Waals surface area contributed by atoms with Crippen molar-refractivity contribution in [2.75, 3.05) is 6.61 Å². The highest BCUT2D eigenvalue weighted by molar-refractivity contribution is 5.89. The summed E-state index contributed by atoms with van der Waals surface area (Å²) in [6, 6.07) is 8.09. The van der Waals surface area contributed by atoms with Gasteiger partial charge >= 0.3 is 5.97 Å². The van der Waals surface area contributed by atoms with Crippen LogP contribution in [0.25, 0.3) is 0 Å². The smallest absolute Gasteiger partial charge is 0.306 e. The highest BCUT2D eigenvalue weighted by Gasteiger charge is 2.47. The number of benzene rings is 1. The molecule has 1 aliphatic rings. The molecule has 0 saturated carbocycles. The molecule has 1 aliphatic carbocycles. The van der Waals surface area contributed by atoms with E-state index in [1.165, 1.54) is 5.56 Å². The molecule has 0 spiro atoms. The summed E-state index contributed by atoms with van der Waals surface area (Å²) in [4.78, 5) is 24.4. The van der Waals surface area contributed by atoms with Gasteiger partial charge in [0.1, 0.15) is 0 Å². The van der Waals surface area contributed by atoms with Crippen LogP contribution in [0, 0.1) is 17.8 Å². The second-order valence-electron chi connectivity index (χ2n) is 7.23. The van der Waals surface area contributed by atoms with Crippen LogP contribution in [-0.4, -0.2) is 18.4 Å².